The van der Waals surface area contributed by atoms with Crippen LogP contribution in [0.1, 0.15) is 6.92 Å². The minimum Gasteiger partial charge on any atom is -0.487 e. The van der Waals surface area contributed by atoms with E-state index in [0.717, 1.165) is 10.9 Å². The van der Waals surface area contributed by atoms with Crippen LogP contribution in [-0.2, 0) is 9.53 Å². The third-order valence-corrected chi connectivity index (χ3v) is 3.43. The van der Waals surface area contributed by atoms with Crippen LogP contribution in [-0.4, -0.2) is 36.2 Å². The van der Waals surface area contributed by atoms with Crippen molar-refractivity contribution in [2.75, 3.05) is 25.6 Å². The van der Waals surface area contributed by atoms with Crippen molar-refractivity contribution in [1.29, 1.82) is 0 Å². The van der Waals surface area contributed by atoms with E-state index in [1.165, 1.54) is 6.92 Å². The number of hydrogen-bond donors (Lipinski definition) is 2. The number of nitrogens with one attached hydrogen (secondary N) is 2. The molecular weight excluding hydrogens is 322 g/mol. The highest BCUT2D eigenvalue weighted by Gasteiger charge is 2.11. The van der Waals surface area contributed by atoms with E-state index in [9.17, 15) is 4.79 Å². The van der Waals surface area contributed by atoms with E-state index < -0.39 is 0 Å². The van der Waals surface area contributed by atoms with E-state index in [1.54, 1.807) is 25.4 Å². The van der Waals surface area contributed by atoms with Gasteiger partial charge in [-0.3, -0.25) is 4.79 Å². The Kier molecular flexibility index (Phi) is 5.15. The molecule has 1 amide bonds. The summed E-state index contributed by atoms with van der Waals surface area (Å²) < 4.78 is 16.8. The molecule has 0 spiro atoms. The van der Waals surface area contributed by atoms with Gasteiger partial charge in [0.05, 0.1) is 6.61 Å². The average Bonchev–Trinajstić information content (AvgIpc) is 3.02. The molecule has 7 nitrogen and oxygen atoms in total. The van der Waals surface area contributed by atoms with Gasteiger partial charge in [0.25, 0.3) is 0 Å². The molecule has 2 heterocycles. The molecule has 2 N–H and O–H groups in total. The van der Waals surface area contributed by atoms with Crippen LogP contribution >= 0.6 is 0 Å². The molecule has 3 rings (SSSR count). The Morgan fingerprint density at radius 1 is 1.20 bits per heavy atom. The van der Waals surface area contributed by atoms with Crippen molar-refractivity contribution >= 4 is 22.6 Å². The van der Waals surface area contributed by atoms with Gasteiger partial charge in [-0.1, -0.05) is 0 Å². The number of H-pyrrole nitrogens is 1. The minimum absolute atomic E-state index is 0.193. The van der Waals surface area contributed by atoms with Gasteiger partial charge in [-0.15, -0.1) is 0 Å². The molecule has 0 aliphatic heterocycles. The van der Waals surface area contributed by atoms with Gasteiger partial charge >= 0.3 is 0 Å². The van der Waals surface area contributed by atoms with Crippen molar-refractivity contribution in [3.05, 3.63) is 42.7 Å². The molecule has 0 saturated carbocycles. The molecule has 0 aliphatic carbocycles. The molecular formula is C18H19N3O4. The third-order valence-electron chi connectivity index (χ3n) is 3.43. The number of methoxy groups -OCH3 is 1. The van der Waals surface area contributed by atoms with Crippen molar-refractivity contribution in [2.24, 2.45) is 0 Å². The molecule has 0 bridgehead atoms. The first-order chi connectivity index (χ1) is 12.2. The molecule has 3 aromatic rings. The maximum Gasteiger partial charge on any atom is 0.222 e. The fourth-order valence-electron chi connectivity index (χ4n) is 2.34. The summed E-state index contributed by atoms with van der Waals surface area (Å²) in [5, 5.41) is 3.63. The first-order valence-electron chi connectivity index (χ1n) is 7.80. The van der Waals surface area contributed by atoms with Crippen LogP contribution in [0.2, 0.25) is 0 Å². The Morgan fingerprint density at radius 3 is 2.88 bits per heavy atom. The lowest BCUT2D eigenvalue weighted by atomic mass is 10.2. The Morgan fingerprint density at radius 2 is 2.08 bits per heavy atom. The van der Waals surface area contributed by atoms with Gasteiger partial charge in [0, 0.05) is 49.5 Å². The second-order valence-corrected chi connectivity index (χ2v) is 5.37. The Labute approximate surface area is 144 Å². The smallest absolute Gasteiger partial charge is 0.222 e. The van der Waals surface area contributed by atoms with Crippen LogP contribution in [0.5, 0.6) is 17.2 Å². The van der Waals surface area contributed by atoms with Gasteiger partial charge in [-0.05, 0) is 18.2 Å². The Hall–Kier alpha value is -3.06. The molecule has 25 heavy (non-hydrogen) atoms. The zero-order valence-electron chi connectivity index (χ0n) is 14.0. The molecule has 2 aromatic heterocycles. The van der Waals surface area contributed by atoms with Gasteiger partial charge in [-0.25, -0.2) is 4.98 Å². The van der Waals surface area contributed by atoms with E-state index in [0.29, 0.717) is 36.3 Å². The number of fused-ring (bicyclic) bond motifs is 1. The Balaban J connectivity index is 1.88. The van der Waals surface area contributed by atoms with Crippen LogP contribution in [0.15, 0.2) is 42.7 Å². The average molecular weight is 341 g/mol. The lowest BCUT2D eigenvalue weighted by Gasteiger charge is -2.13. The highest BCUT2D eigenvalue weighted by molar-refractivity contribution is 5.87. The first-order valence-corrected chi connectivity index (χ1v) is 7.80. The molecule has 1 aromatic carbocycles. The molecule has 7 heteroatoms. The first kappa shape index (κ1) is 16.8. The molecule has 0 aliphatic rings. The summed E-state index contributed by atoms with van der Waals surface area (Å²) in [6, 6.07) is 9.10. The number of anilines is 1. The highest BCUT2D eigenvalue weighted by Crippen LogP contribution is 2.35. The van der Waals surface area contributed by atoms with E-state index >= 15 is 0 Å². The number of nitrogens with zero attached hydrogens (tertiary/aromatic N) is 1. The summed E-state index contributed by atoms with van der Waals surface area (Å²) in [6.07, 6.45) is 3.43. The number of rotatable bonds is 7. The van der Waals surface area contributed by atoms with E-state index in [-0.39, 0.29) is 5.91 Å². The van der Waals surface area contributed by atoms with Crippen LogP contribution in [0, 0.1) is 0 Å². The van der Waals surface area contributed by atoms with E-state index in [4.69, 9.17) is 14.2 Å². The second-order valence-electron chi connectivity index (χ2n) is 5.37. The SMILES string of the molecule is COCCOc1cc2[nH]ccc2cc1Oc1ccnc(NC(C)=O)c1. The predicted molar refractivity (Wildman–Crippen MR) is 94.3 cm³/mol. The minimum atomic E-state index is -0.193. The number of benzene rings is 1. The summed E-state index contributed by atoms with van der Waals surface area (Å²) in [4.78, 5) is 18.4. The topological polar surface area (TPSA) is 85.5 Å². The van der Waals surface area contributed by atoms with Crippen molar-refractivity contribution in [3.63, 3.8) is 0 Å². The van der Waals surface area contributed by atoms with Gasteiger partial charge < -0.3 is 24.5 Å². The number of carbonyl (C=O) groups is 1. The molecule has 130 valence electrons. The molecule has 0 radical (unpaired) electrons. The van der Waals surface area contributed by atoms with Crippen molar-refractivity contribution in [2.45, 2.75) is 6.92 Å². The van der Waals surface area contributed by atoms with Crippen LogP contribution in [0.4, 0.5) is 5.82 Å². The van der Waals surface area contributed by atoms with Crippen LogP contribution in [0.3, 0.4) is 0 Å². The fraction of sp³-hybridized carbons (Fsp3) is 0.222. The van der Waals surface area contributed by atoms with E-state index in [2.05, 4.69) is 15.3 Å². The molecule has 0 atom stereocenters. The lowest BCUT2D eigenvalue weighted by molar-refractivity contribution is -0.114. The van der Waals surface area contributed by atoms with Gasteiger partial charge in [0.2, 0.25) is 5.91 Å². The number of hydrogen-bond acceptors (Lipinski definition) is 5. The van der Waals surface area contributed by atoms with Gasteiger partial charge in [-0.2, -0.15) is 0 Å². The summed E-state index contributed by atoms with van der Waals surface area (Å²) in [5.74, 6) is 1.95. The largest absolute Gasteiger partial charge is 0.487 e. The standard InChI is InChI=1S/C18H19N3O4/c1-12(22)21-18-10-14(4-6-20-18)25-17-9-13-3-5-19-15(13)11-16(17)24-8-7-23-2/h3-6,9-11,19H,7-8H2,1-2H3,(H,20,21,22). The number of amides is 1. The number of aromatic nitrogens is 2. The number of ether oxygens (including phenoxy) is 3. The summed E-state index contributed by atoms with van der Waals surface area (Å²) in [7, 11) is 1.62. The van der Waals surface area contributed by atoms with Gasteiger partial charge in [0.15, 0.2) is 11.5 Å². The van der Waals surface area contributed by atoms with Crippen molar-refractivity contribution in [1.82, 2.24) is 9.97 Å². The third kappa shape index (κ3) is 4.27. The summed E-state index contributed by atoms with van der Waals surface area (Å²) >= 11 is 0. The Bertz CT molecular complexity index is 876. The maximum atomic E-state index is 11.2. The number of aromatic amines is 1. The van der Waals surface area contributed by atoms with Crippen molar-refractivity contribution < 1.29 is 19.0 Å². The summed E-state index contributed by atoms with van der Waals surface area (Å²) in [5.41, 5.74) is 0.952. The monoisotopic (exact) mass is 341 g/mol. The predicted octanol–water partition coefficient (Wildman–Crippen LogP) is 3.34. The summed E-state index contributed by atoms with van der Waals surface area (Å²) in [6.45, 7) is 2.31. The number of carbonyl (C=O) groups excluding carboxylic acids is 1. The quantitative estimate of drug-likeness (QED) is 0.644. The van der Waals surface area contributed by atoms with Crippen molar-refractivity contribution in [3.8, 4) is 17.2 Å². The zero-order chi connectivity index (χ0) is 17.6. The van der Waals surface area contributed by atoms with Crippen LogP contribution in [0.25, 0.3) is 10.9 Å². The highest BCUT2D eigenvalue weighted by atomic mass is 16.5. The van der Waals surface area contributed by atoms with Gasteiger partial charge in [0.1, 0.15) is 18.2 Å². The van der Waals surface area contributed by atoms with E-state index in [1.807, 2.05) is 24.4 Å². The fourth-order valence-corrected chi connectivity index (χ4v) is 2.34. The second kappa shape index (κ2) is 7.67. The molecule has 0 saturated heterocycles. The lowest BCUT2D eigenvalue weighted by Crippen LogP contribution is -2.07. The maximum absolute atomic E-state index is 11.2. The zero-order valence-corrected chi connectivity index (χ0v) is 14.0. The number of pyridine rings is 1. The molecule has 0 fully saturated rings. The molecule has 0 unspecified atom stereocenters. The normalized spacial score (nSPS) is 10.6. The van der Waals surface area contributed by atoms with Crippen LogP contribution < -0.4 is 14.8 Å².